The molecule has 0 spiro atoms. The number of ether oxygens (including phenoxy) is 1. The summed E-state index contributed by atoms with van der Waals surface area (Å²) in [5.74, 6) is 0.707. The maximum Gasteiger partial charge on any atom is 0.132 e. The summed E-state index contributed by atoms with van der Waals surface area (Å²) in [5.41, 5.74) is 7.57. The van der Waals surface area contributed by atoms with Gasteiger partial charge in [-0.2, -0.15) is 0 Å². The van der Waals surface area contributed by atoms with E-state index in [4.69, 9.17) is 10.3 Å². The van der Waals surface area contributed by atoms with E-state index in [2.05, 4.69) is 10.0 Å². The van der Waals surface area contributed by atoms with Crippen molar-refractivity contribution in [2.75, 3.05) is 12.3 Å². The van der Waals surface area contributed by atoms with Crippen molar-refractivity contribution in [2.24, 2.45) is 5.11 Å². The van der Waals surface area contributed by atoms with E-state index in [9.17, 15) is 15.3 Å². The van der Waals surface area contributed by atoms with Crippen LogP contribution < -0.4 is 0 Å². The number of thioether (sulfide) groups is 1. The van der Waals surface area contributed by atoms with Gasteiger partial charge in [0.1, 0.15) is 23.7 Å². The predicted molar refractivity (Wildman–Crippen MR) is 58.8 cm³/mol. The second-order valence-electron chi connectivity index (χ2n) is 3.38. The largest absolute Gasteiger partial charge is 0.388 e. The first-order chi connectivity index (χ1) is 7.61. The molecule has 7 nitrogen and oxygen atoms in total. The van der Waals surface area contributed by atoms with Crippen LogP contribution in [0, 0.1) is 0 Å². The lowest BCUT2D eigenvalue weighted by molar-refractivity contribution is -0.194. The zero-order chi connectivity index (χ0) is 12.1. The van der Waals surface area contributed by atoms with Gasteiger partial charge >= 0.3 is 0 Å². The molecule has 0 saturated carbocycles. The Labute approximate surface area is 97.0 Å². The molecule has 0 aromatic rings. The molecule has 1 aliphatic rings. The third kappa shape index (κ3) is 3.00. The molecule has 5 atom stereocenters. The molecule has 1 rings (SSSR count). The van der Waals surface area contributed by atoms with Crippen LogP contribution in [0.15, 0.2) is 5.11 Å². The topological polar surface area (TPSA) is 119 Å². The molecule has 16 heavy (non-hydrogen) atoms. The van der Waals surface area contributed by atoms with E-state index in [1.165, 1.54) is 11.8 Å². The van der Waals surface area contributed by atoms with Crippen LogP contribution in [-0.2, 0) is 4.74 Å². The Hall–Kier alpha value is -0.500. The summed E-state index contributed by atoms with van der Waals surface area (Å²) < 4.78 is 5.36. The maximum atomic E-state index is 9.62. The predicted octanol–water partition coefficient (Wildman–Crippen LogP) is -0.143. The molecule has 0 amide bonds. The Morgan fingerprint density at radius 2 is 2.00 bits per heavy atom. The summed E-state index contributed by atoms with van der Waals surface area (Å²) >= 11 is 1.33. The van der Waals surface area contributed by atoms with E-state index in [1.54, 1.807) is 0 Å². The number of rotatable bonds is 4. The van der Waals surface area contributed by atoms with Crippen LogP contribution in [0.4, 0.5) is 0 Å². The van der Waals surface area contributed by atoms with Crippen molar-refractivity contribution in [1.82, 2.24) is 0 Å². The van der Waals surface area contributed by atoms with Gasteiger partial charge in [-0.1, -0.05) is 12.0 Å². The molecular weight excluding hydrogens is 234 g/mol. The maximum absolute atomic E-state index is 9.62. The van der Waals surface area contributed by atoms with Crippen LogP contribution in [0.5, 0.6) is 0 Å². The van der Waals surface area contributed by atoms with E-state index in [0.717, 1.165) is 0 Å². The normalized spacial score (nSPS) is 39.1. The average Bonchev–Trinajstić information content (AvgIpc) is 2.28. The first kappa shape index (κ1) is 13.6. The quantitative estimate of drug-likeness (QED) is 0.364. The Bertz CT molecular complexity index is 274. The molecule has 2 unspecified atom stereocenters. The summed E-state index contributed by atoms with van der Waals surface area (Å²) in [6.45, 7) is 1.82. The van der Waals surface area contributed by atoms with E-state index in [0.29, 0.717) is 5.75 Å². The Morgan fingerprint density at radius 3 is 2.56 bits per heavy atom. The molecule has 0 aromatic heterocycles. The molecule has 3 N–H and O–H groups in total. The zero-order valence-electron chi connectivity index (χ0n) is 8.80. The summed E-state index contributed by atoms with van der Waals surface area (Å²) in [7, 11) is 0. The summed E-state index contributed by atoms with van der Waals surface area (Å²) in [6, 6.07) is 0. The Morgan fingerprint density at radius 1 is 1.31 bits per heavy atom. The van der Waals surface area contributed by atoms with Crippen LogP contribution in [-0.4, -0.2) is 57.5 Å². The standard InChI is InChI=1S/C8H15N3O4S/c1-2-16-8-7(14)6(13)5(12)4(15-8)3-10-11-9/h4-8,12-14H,2-3H2,1H3/t4?,5-,6-,7?,8-/m1/s1. The highest BCUT2D eigenvalue weighted by atomic mass is 32.2. The van der Waals surface area contributed by atoms with E-state index in [1.807, 2.05) is 6.92 Å². The Kier molecular flexibility index (Phi) is 5.33. The van der Waals surface area contributed by atoms with Crippen LogP contribution in [0.3, 0.4) is 0 Å². The number of nitrogens with zero attached hydrogens (tertiary/aromatic N) is 3. The van der Waals surface area contributed by atoms with E-state index < -0.39 is 29.9 Å². The zero-order valence-corrected chi connectivity index (χ0v) is 9.62. The lowest BCUT2D eigenvalue weighted by Gasteiger charge is -2.39. The Balaban J connectivity index is 2.68. The molecule has 8 heteroatoms. The minimum absolute atomic E-state index is 0.0672. The molecule has 0 bridgehead atoms. The van der Waals surface area contributed by atoms with Crippen LogP contribution in [0.2, 0.25) is 0 Å². The highest BCUT2D eigenvalue weighted by Crippen LogP contribution is 2.28. The van der Waals surface area contributed by atoms with Gasteiger partial charge in [-0.05, 0) is 11.3 Å². The molecule has 1 fully saturated rings. The van der Waals surface area contributed by atoms with E-state index in [-0.39, 0.29) is 6.54 Å². The monoisotopic (exact) mass is 249 g/mol. The van der Waals surface area contributed by atoms with Gasteiger partial charge in [0.05, 0.1) is 12.6 Å². The number of hydrogen-bond donors (Lipinski definition) is 3. The van der Waals surface area contributed by atoms with Crippen molar-refractivity contribution in [2.45, 2.75) is 36.8 Å². The van der Waals surface area contributed by atoms with Crippen LogP contribution >= 0.6 is 11.8 Å². The first-order valence-corrected chi connectivity index (χ1v) is 5.98. The molecule has 92 valence electrons. The molecule has 0 aliphatic carbocycles. The average molecular weight is 249 g/mol. The van der Waals surface area contributed by atoms with Crippen molar-refractivity contribution in [3.63, 3.8) is 0 Å². The van der Waals surface area contributed by atoms with Crippen molar-refractivity contribution in [1.29, 1.82) is 0 Å². The first-order valence-electron chi connectivity index (χ1n) is 4.94. The minimum atomic E-state index is -1.28. The molecule has 1 aliphatic heterocycles. The summed E-state index contributed by atoms with van der Waals surface area (Å²) in [5, 5.41) is 32.1. The van der Waals surface area contributed by atoms with Crippen molar-refractivity contribution in [3.05, 3.63) is 10.4 Å². The highest BCUT2D eigenvalue weighted by Gasteiger charge is 2.43. The van der Waals surface area contributed by atoms with Crippen molar-refractivity contribution >= 4 is 11.8 Å². The van der Waals surface area contributed by atoms with Crippen LogP contribution in [0.1, 0.15) is 6.92 Å². The number of aliphatic hydroxyl groups excluding tert-OH is 3. The van der Waals surface area contributed by atoms with Crippen LogP contribution in [0.25, 0.3) is 10.4 Å². The van der Waals surface area contributed by atoms with Gasteiger partial charge in [0, 0.05) is 4.91 Å². The third-order valence-corrected chi connectivity index (χ3v) is 3.38. The fraction of sp³-hybridized carbons (Fsp3) is 1.00. The van der Waals surface area contributed by atoms with Gasteiger partial charge in [0.15, 0.2) is 0 Å². The van der Waals surface area contributed by atoms with Crippen molar-refractivity contribution < 1.29 is 20.1 Å². The third-order valence-electron chi connectivity index (χ3n) is 2.32. The smallest absolute Gasteiger partial charge is 0.132 e. The fourth-order valence-corrected chi connectivity index (χ4v) is 2.39. The van der Waals surface area contributed by atoms with Gasteiger partial charge in [0.2, 0.25) is 0 Å². The second kappa shape index (κ2) is 6.29. The molecule has 0 radical (unpaired) electrons. The highest BCUT2D eigenvalue weighted by molar-refractivity contribution is 7.99. The lowest BCUT2D eigenvalue weighted by atomic mass is 10.00. The molecule has 1 saturated heterocycles. The fourth-order valence-electron chi connectivity index (χ4n) is 1.49. The van der Waals surface area contributed by atoms with E-state index >= 15 is 0 Å². The van der Waals surface area contributed by atoms with Crippen molar-refractivity contribution in [3.8, 4) is 0 Å². The van der Waals surface area contributed by atoms with Gasteiger partial charge in [0.25, 0.3) is 0 Å². The lowest BCUT2D eigenvalue weighted by Crippen LogP contribution is -2.57. The number of aliphatic hydroxyl groups is 3. The van der Waals surface area contributed by atoms with Gasteiger partial charge in [-0.15, -0.1) is 11.8 Å². The second-order valence-corrected chi connectivity index (χ2v) is 4.76. The SMILES string of the molecule is CCS[C@H]1OC(CN=[N+]=[N-])[C@@H](O)[C@@H](O)C1O. The number of azide groups is 1. The van der Waals surface area contributed by atoms with Gasteiger partial charge in [-0.3, -0.25) is 0 Å². The summed E-state index contributed by atoms with van der Waals surface area (Å²) in [4.78, 5) is 2.56. The minimum Gasteiger partial charge on any atom is -0.388 e. The number of hydrogen-bond acceptors (Lipinski definition) is 6. The van der Waals surface area contributed by atoms with Gasteiger partial charge in [-0.25, -0.2) is 0 Å². The van der Waals surface area contributed by atoms with Gasteiger partial charge < -0.3 is 20.1 Å². The molecular formula is C8H15N3O4S. The molecule has 1 heterocycles. The molecule has 0 aromatic carbocycles. The summed E-state index contributed by atoms with van der Waals surface area (Å²) in [6.07, 6.45) is -4.44.